The number of ether oxygens (including phenoxy) is 3. The molecule has 0 fully saturated rings. The molecule has 31 heavy (non-hydrogen) atoms. The maximum atomic E-state index is 6.38. The normalized spacial score (nSPS) is 10.9. The average molecular weight is 410 g/mol. The zero-order valence-corrected chi connectivity index (χ0v) is 16.9. The minimum atomic E-state index is 0.487. The lowest BCUT2D eigenvalue weighted by Gasteiger charge is -2.14. The van der Waals surface area contributed by atoms with Crippen LogP contribution in [0.5, 0.6) is 23.0 Å². The number of fused-ring (bicyclic) bond motifs is 2. The van der Waals surface area contributed by atoms with Gasteiger partial charge in [-0.05, 0) is 30.3 Å². The van der Waals surface area contributed by atoms with Crippen molar-refractivity contribution in [3.63, 3.8) is 0 Å². The summed E-state index contributed by atoms with van der Waals surface area (Å²) < 4.78 is 17.2. The van der Waals surface area contributed by atoms with Crippen molar-refractivity contribution in [3.05, 3.63) is 73.2 Å². The van der Waals surface area contributed by atoms with Gasteiger partial charge in [-0.2, -0.15) is 0 Å². The smallest absolute Gasteiger partial charge is 0.182 e. The van der Waals surface area contributed by atoms with Gasteiger partial charge in [-0.3, -0.25) is 4.98 Å². The maximum Gasteiger partial charge on any atom is 0.182 e. The first kappa shape index (κ1) is 18.7. The largest absolute Gasteiger partial charge is 0.493 e. The molecule has 0 amide bonds. The Hall–Kier alpha value is -4.26. The van der Waals surface area contributed by atoms with E-state index in [1.54, 1.807) is 44.9 Å². The van der Waals surface area contributed by atoms with Gasteiger partial charge < -0.3 is 14.2 Å². The van der Waals surface area contributed by atoms with Crippen LogP contribution in [0.25, 0.3) is 33.3 Å². The predicted molar refractivity (Wildman–Crippen MR) is 118 cm³/mol. The van der Waals surface area contributed by atoms with Crippen LogP contribution in [-0.2, 0) is 0 Å². The number of para-hydroxylation sites is 1. The molecule has 3 heterocycles. The molecular weight excluding hydrogens is 392 g/mol. The summed E-state index contributed by atoms with van der Waals surface area (Å²) in [5, 5.41) is 1.74. The van der Waals surface area contributed by atoms with E-state index in [1.807, 2.05) is 42.5 Å². The predicted octanol–water partition coefficient (Wildman–Crippen LogP) is 5.05. The topological polar surface area (TPSA) is 79.3 Å². The highest BCUT2D eigenvalue weighted by Gasteiger charge is 2.16. The molecule has 0 radical (unpaired) electrons. The van der Waals surface area contributed by atoms with Gasteiger partial charge in [0.1, 0.15) is 5.75 Å². The van der Waals surface area contributed by atoms with E-state index in [2.05, 4.69) is 15.0 Å². The number of nitrogens with zero attached hydrogens (tertiary/aromatic N) is 4. The van der Waals surface area contributed by atoms with E-state index in [4.69, 9.17) is 19.2 Å². The molecule has 0 bridgehead atoms. The zero-order valence-electron chi connectivity index (χ0n) is 16.9. The highest BCUT2D eigenvalue weighted by molar-refractivity contribution is 5.89. The van der Waals surface area contributed by atoms with Crippen LogP contribution in [-0.4, -0.2) is 34.2 Å². The van der Waals surface area contributed by atoms with Crippen molar-refractivity contribution >= 4 is 21.8 Å². The van der Waals surface area contributed by atoms with Crippen molar-refractivity contribution < 1.29 is 14.2 Å². The minimum Gasteiger partial charge on any atom is -0.493 e. The third kappa shape index (κ3) is 3.46. The molecule has 2 aromatic carbocycles. The van der Waals surface area contributed by atoms with Crippen LogP contribution in [0.15, 0.2) is 73.2 Å². The van der Waals surface area contributed by atoms with Crippen molar-refractivity contribution in [3.8, 4) is 34.5 Å². The molecule has 152 valence electrons. The Bertz CT molecular complexity index is 1390. The fraction of sp³-hybridized carbons (Fsp3) is 0.0833. The number of hydrogen-bond donors (Lipinski definition) is 0. The van der Waals surface area contributed by atoms with Gasteiger partial charge in [0.05, 0.1) is 25.3 Å². The standard InChI is InChI=1S/C24H18N4O3/c1-29-20-13-16-18(14-21(20)30-2)25-11-8-19(16)31-22-12-15-6-3-4-7-17(15)28-23(22)24-26-9-5-10-27-24/h3-14H,1-2H3. The SMILES string of the molecule is COc1cc2nccc(Oc3cc4ccccc4nc3-c3ncccn3)c2cc1OC. The van der Waals surface area contributed by atoms with Crippen LogP contribution in [0.3, 0.4) is 0 Å². The number of rotatable bonds is 5. The number of pyridine rings is 2. The fourth-order valence-electron chi connectivity index (χ4n) is 3.41. The molecule has 0 aliphatic rings. The molecule has 3 aromatic heterocycles. The molecule has 7 heteroatoms. The summed E-state index contributed by atoms with van der Waals surface area (Å²) in [5.41, 5.74) is 2.12. The molecule has 0 saturated carbocycles. The lowest BCUT2D eigenvalue weighted by Crippen LogP contribution is -1.97. The summed E-state index contributed by atoms with van der Waals surface area (Å²) in [6, 6.07) is 17.0. The van der Waals surface area contributed by atoms with Crippen molar-refractivity contribution in [2.45, 2.75) is 0 Å². The molecule has 0 saturated heterocycles. The number of hydrogen-bond acceptors (Lipinski definition) is 7. The third-order valence-electron chi connectivity index (χ3n) is 4.89. The molecular formula is C24H18N4O3. The molecule has 0 aliphatic carbocycles. The van der Waals surface area contributed by atoms with Crippen LogP contribution in [0.4, 0.5) is 0 Å². The average Bonchev–Trinajstić information content (AvgIpc) is 2.83. The second-order valence-corrected chi connectivity index (χ2v) is 6.74. The van der Waals surface area contributed by atoms with Gasteiger partial charge in [-0.25, -0.2) is 15.0 Å². The summed E-state index contributed by atoms with van der Waals surface area (Å²) in [7, 11) is 3.19. The van der Waals surface area contributed by atoms with Crippen LogP contribution < -0.4 is 14.2 Å². The summed E-state index contributed by atoms with van der Waals surface area (Å²) in [5.74, 6) is 2.84. The monoisotopic (exact) mass is 410 g/mol. The van der Waals surface area contributed by atoms with Gasteiger partial charge in [0, 0.05) is 35.4 Å². The van der Waals surface area contributed by atoms with Crippen LogP contribution >= 0.6 is 0 Å². The fourth-order valence-corrected chi connectivity index (χ4v) is 3.41. The van der Waals surface area contributed by atoms with E-state index in [9.17, 15) is 0 Å². The molecule has 0 spiro atoms. The van der Waals surface area contributed by atoms with Crippen LogP contribution in [0.2, 0.25) is 0 Å². The van der Waals surface area contributed by atoms with Gasteiger partial charge in [-0.15, -0.1) is 0 Å². The van der Waals surface area contributed by atoms with Gasteiger partial charge in [0.2, 0.25) is 0 Å². The first-order valence-corrected chi connectivity index (χ1v) is 9.62. The number of aromatic nitrogens is 4. The quantitative estimate of drug-likeness (QED) is 0.401. The molecule has 0 unspecified atom stereocenters. The Labute approximate surface area is 178 Å². The van der Waals surface area contributed by atoms with E-state index in [1.165, 1.54) is 0 Å². The molecule has 5 aromatic rings. The second kappa shape index (κ2) is 7.87. The summed E-state index contributed by atoms with van der Waals surface area (Å²) in [6.07, 6.45) is 5.06. The molecule has 0 N–H and O–H groups in total. The van der Waals surface area contributed by atoms with Gasteiger partial charge in [0.15, 0.2) is 28.8 Å². The van der Waals surface area contributed by atoms with E-state index >= 15 is 0 Å². The van der Waals surface area contributed by atoms with E-state index in [0.29, 0.717) is 34.5 Å². The number of benzene rings is 2. The van der Waals surface area contributed by atoms with E-state index < -0.39 is 0 Å². The molecule has 5 rings (SSSR count). The Morgan fingerprint density at radius 1 is 0.645 bits per heavy atom. The Morgan fingerprint density at radius 2 is 1.42 bits per heavy atom. The third-order valence-corrected chi connectivity index (χ3v) is 4.89. The molecule has 0 atom stereocenters. The zero-order chi connectivity index (χ0) is 21.2. The van der Waals surface area contributed by atoms with Crippen molar-refractivity contribution in [1.29, 1.82) is 0 Å². The Morgan fingerprint density at radius 3 is 2.23 bits per heavy atom. The van der Waals surface area contributed by atoms with Crippen molar-refractivity contribution in [2.24, 2.45) is 0 Å². The van der Waals surface area contributed by atoms with Gasteiger partial charge in [0.25, 0.3) is 0 Å². The van der Waals surface area contributed by atoms with E-state index in [0.717, 1.165) is 21.8 Å². The molecule has 7 nitrogen and oxygen atoms in total. The highest BCUT2D eigenvalue weighted by Crippen LogP contribution is 2.39. The van der Waals surface area contributed by atoms with Crippen molar-refractivity contribution in [2.75, 3.05) is 14.2 Å². The van der Waals surface area contributed by atoms with Gasteiger partial charge >= 0.3 is 0 Å². The summed E-state index contributed by atoms with van der Waals surface area (Å²) in [6.45, 7) is 0. The second-order valence-electron chi connectivity index (χ2n) is 6.74. The van der Waals surface area contributed by atoms with Gasteiger partial charge in [-0.1, -0.05) is 18.2 Å². The van der Waals surface area contributed by atoms with E-state index in [-0.39, 0.29) is 0 Å². The number of methoxy groups -OCH3 is 2. The van der Waals surface area contributed by atoms with Crippen LogP contribution in [0, 0.1) is 0 Å². The molecule has 0 aliphatic heterocycles. The summed E-state index contributed by atoms with van der Waals surface area (Å²) in [4.78, 5) is 18.0. The lowest BCUT2D eigenvalue weighted by molar-refractivity contribution is 0.355. The first-order chi connectivity index (χ1) is 15.3. The van der Waals surface area contributed by atoms with Crippen molar-refractivity contribution in [1.82, 2.24) is 19.9 Å². The minimum absolute atomic E-state index is 0.487. The van der Waals surface area contributed by atoms with Crippen LogP contribution in [0.1, 0.15) is 0 Å². The highest BCUT2D eigenvalue weighted by atomic mass is 16.5. The lowest BCUT2D eigenvalue weighted by atomic mass is 10.1. The summed E-state index contributed by atoms with van der Waals surface area (Å²) >= 11 is 0. The Balaban J connectivity index is 1.69. The Kier molecular flexibility index (Phi) is 4.76. The first-order valence-electron chi connectivity index (χ1n) is 9.62. The maximum absolute atomic E-state index is 6.38.